The van der Waals surface area contributed by atoms with Crippen molar-refractivity contribution in [3.63, 3.8) is 0 Å². The molecule has 254 valence electrons. The van der Waals surface area contributed by atoms with E-state index in [1.54, 1.807) is 18.2 Å². The Kier molecular flexibility index (Phi) is 12.3. The fourth-order valence-electron chi connectivity index (χ4n) is 5.55. The maximum absolute atomic E-state index is 12.7. The molecule has 0 aromatic heterocycles. The van der Waals surface area contributed by atoms with E-state index in [0.717, 1.165) is 50.9 Å². The predicted molar refractivity (Wildman–Crippen MR) is 200 cm³/mol. The van der Waals surface area contributed by atoms with E-state index in [9.17, 15) is 9.59 Å². The zero-order valence-electron chi connectivity index (χ0n) is 28.9. The summed E-state index contributed by atoms with van der Waals surface area (Å²) >= 11 is 0. The molecule has 0 fully saturated rings. The van der Waals surface area contributed by atoms with Gasteiger partial charge in [0.1, 0.15) is 11.5 Å². The first kappa shape index (κ1) is 35.7. The minimum Gasteiger partial charge on any atom is -0.423 e. The van der Waals surface area contributed by atoms with E-state index in [1.165, 1.54) is 32.6 Å². The molecule has 0 saturated carbocycles. The summed E-state index contributed by atoms with van der Waals surface area (Å²) < 4.78 is 21.1. The fourth-order valence-corrected chi connectivity index (χ4v) is 5.55. The molecule has 50 heavy (non-hydrogen) atoms. The second kappa shape index (κ2) is 17.2. The van der Waals surface area contributed by atoms with Gasteiger partial charge in [0.25, 0.3) is 0 Å². The Morgan fingerprint density at radius 2 is 0.920 bits per heavy atom. The van der Waals surface area contributed by atoms with Crippen LogP contribution in [0.4, 0.5) is 0 Å². The molecule has 0 bridgehead atoms. The van der Waals surface area contributed by atoms with E-state index < -0.39 is 11.9 Å². The van der Waals surface area contributed by atoms with Gasteiger partial charge in [-0.15, -0.1) is 0 Å². The minimum atomic E-state index is -0.534. The summed E-state index contributed by atoms with van der Waals surface area (Å²) in [6.45, 7) is 9.89. The first-order chi connectivity index (χ1) is 24.3. The number of carbonyl (C=O) groups is 2. The van der Waals surface area contributed by atoms with Gasteiger partial charge in [0.05, 0.1) is 24.4 Å². The third-order valence-electron chi connectivity index (χ3n) is 8.31. The number of benzene rings is 5. The van der Waals surface area contributed by atoms with Crippen molar-refractivity contribution < 1.29 is 28.5 Å². The molecule has 6 nitrogen and oxygen atoms in total. The van der Waals surface area contributed by atoms with Crippen LogP contribution < -0.4 is 9.47 Å². The fraction of sp³-hybridized carbons (Fsp3) is 0.182. The number of ether oxygens (including phenoxy) is 4. The van der Waals surface area contributed by atoms with Gasteiger partial charge in [-0.05, 0) is 87.2 Å². The highest BCUT2D eigenvalue weighted by Gasteiger charge is 2.15. The number of unbranched alkanes of at least 4 members (excludes halogenated alkanes) is 1. The molecule has 0 heterocycles. The molecule has 0 N–H and O–H groups in total. The smallest absolute Gasteiger partial charge is 0.341 e. The molecule has 5 rings (SSSR count). The van der Waals surface area contributed by atoms with Gasteiger partial charge in [-0.1, -0.05) is 117 Å². The molecule has 0 aliphatic heterocycles. The third-order valence-corrected chi connectivity index (χ3v) is 8.31. The minimum absolute atomic E-state index is 0.0924. The lowest BCUT2D eigenvalue weighted by atomic mass is 9.92. The Balaban J connectivity index is 1.41. The van der Waals surface area contributed by atoms with Crippen LogP contribution in [0.1, 0.15) is 25.3 Å². The van der Waals surface area contributed by atoms with Crippen LogP contribution in [0.2, 0.25) is 0 Å². The van der Waals surface area contributed by atoms with E-state index in [-0.39, 0.29) is 24.4 Å². The van der Waals surface area contributed by atoms with Gasteiger partial charge in [-0.2, -0.15) is 0 Å². The quantitative estimate of drug-likeness (QED) is 0.0629. The molecular formula is C44H42O6. The summed E-state index contributed by atoms with van der Waals surface area (Å²) in [5, 5.41) is 0. The van der Waals surface area contributed by atoms with E-state index in [0.29, 0.717) is 11.5 Å². The number of aryl methyl sites for hydroxylation is 1. The Hall–Kier alpha value is -5.56. The van der Waals surface area contributed by atoms with Gasteiger partial charge in [0.2, 0.25) is 0 Å². The van der Waals surface area contributed by atoms with Crippen LogP contribution in [0.25, 0.3) is 44.5 Å². The van der Waals surface area contributed by atoms with Crippen LogP contribution in [0.5, 0.6) is 11.5 Å². The molecule has 0 radical (unpaired) electrons. The molecule has 0 spiro atoms. The maximum Gasteiger partial charge on any atom is 0.341 e. The zero-order valence-corrected chi connectivity index (χ0v) is 28.9. The molecular weight excluding hydrogens is 624 g/mol. The molecule has 0 amide bonds. The number of hydrogen-bond acceptors (Lipinski definition) is 6. The van der Waals surface area contributed by atoms with Crippen LogP contribution in [0, 0.1) is 0 Å². The van der Waals surface area contributed by atoms with Crippen molar-refractivity contribution in [1.82, 2.24) is 0 Å². The highest BCUT2D eigenvalue weighted by atomic mass is 16.5. The topological polar surface area (TPSA) is 71.1 Å². The molecule has 5 aromatic rings. The molecule has 6 heteroatoms. The lowest BCUT2D eigenvalue weighted by Gasteiger charge is -2.15. The number of hydrogen-bond donors (Lipinski definition) is 0. The number of methoxy groups -OCH3 is 2. The van der Waals surface area contributed by atoms with Crippen LogP contribution in [-0.4, -0.2) is 39.4 Å². The van der Waals surface area contributed by atoms with Gasteiger partial charge in [-0.3, -0.25) is 0 Å². The average Bonchev–Trinajstić information content (AvgIpc) is 3.15. The van der Waals surface area contributed by atoms with E-state index >= 15 is 0 Å². The molecule has 0 saturated heterocycles. The van der Waals surface area contributed by atoms with Crippen LogP contribution >= 0.6 is 0 Å². The van der Waals surface area contributed by atoms with Gasteiger partial charge < -0.3 is 18.9 Å². The summed E-state index contributed by atoms with van der Waals surface area (Å²) in [5.41, 5.74) is 9.99. The van der Waals surface area contributed by atoms with E-state index in [1.807, 2.05) is 24.3 Å². The van der Waals surface area contributed by atoms with Crippen molar-refractivity contribution in [2.75, 3.05) is 27.4 Å². The molecule has 5 aromatic carbocycles. The zero-order chi connectivity index (χ0) is 35.5. The highest BCUT2D eigenvalue weighted by molar-refractivity contribution is 5.91. The van der Waals surface area contributed by atoms with Gasteiger partial charge >= 0.3 is 11.9 Å². The second-order valence-corrected chi connectivity index (χ2v) is 12.0. The van der Waals surface area contributed by atoms with Crippen molar-refractivity contribution >= 4 is 11.9 Å². The van der Waals surface area contributed by atoms with Crippen molar-refractivity contribution in [1.29, 1.82) is 0 Å². The lowest BCUT2D eigenvalue weighted by molar-refractivity contribution is -0.131. The average molecular weight is 667 g/mol. The summed E-state index contributed by atoms with van der Waals surface area (Å²) in [5.74, 6) is -0.209. The monoisotopic (exact) mass is 666 g/mol. The van der Waals surface area contributed by atoms with Crippen LogP contribution in [0.15, 0.2) is 140 Å². The Morgan fingerprint density at radius 1 is 0.520 bits per heavy atom. The number of rotatable bonds is 15. The highest BCUT2D eigenvalue weighted by Crippen LogP contribution is 2.37. The van der Waals surface area contributed by atoms with Gasteiger partial charge in [0.15, 0.2) is 0 Å². The van der Waals surface area contributed by atoms with Crippen molar-refractivity contribution in [2.45, 2.75) is 26.2 Å². The SMILES string of the molecule is C=C(COC)C(=O)Oc1ccc(-c2ccc(-c3ccc(OC(=O)C(=C)COC)cc3-c3ccc(-c4ccc(CCCC)cc4)cc3)cc2)cc1. The maximum atomic E-state index is 12.7. The Labute approximate surface area is 294 Å². The van der Waals surface area contributed by atoms with Crippen molar-refractivity contribution in [3.8, 4) is 56.0 Å². The molecule has 0 aliphatic carbocycles. The van der Waals surface area contributed by atoms with Crippen molar-refractivity contribution in [2.24, 2.45) is 0 Å². The van der Waals surface area contributed by atoms with E-state index in [2.05, 4.69) is 92.9 Å². The number of carbonyl (C=O) groups excluding carboxylic acids is 2. The summed E-state index contributed by atoms with van der Waals surface area (Å²) in [6.07, 6.45) is 3.46. The first-order valence-electron chi connectivity index (χ1n) is 16.6. The summed E-state index contributed by atoms with van der Waals surface area (Å²) in [4.78, 5) is 24.8. The van der Waals surface area contributed by atoms with Crippen LogP contribution in [-0.2, 0) is 25.5 Å². The standard InChI is InChI=1S/C44H42O6/c1-6-7-8-32-9-11-33(12-10-32)34-15-19-38(20-16-34)42-27-40(50-44(46)31(3)29-48-5)25-26-41(42)37-17-13-35(14-18-37)36-21-23-39(24-22-36)49-43(45)30(2)28-47-4/h9-27H,2-3,6-8,28-29H2,1,4-5H3. The van der Waals surface area contributed by atoms with Crippen LogP contribution in [0.3, 0.4) is 0 Å². The Morgan fingerprint density at radius 3 is 1.40 bits per heavy atom. The lowest BCUT2D eigenvalue weighted by Crippen LogP contribution is -2.14. The molecule has 0 unspecified atom stereocenters. The second-order valence-electron chi connectivity index (χ2n) is 12.0. The predicted octanol–water partition coefficient (Wildman–Crippen LogP) is 9.91. The molecule has 0 atom stereocenters. The normalized spacial score (nSPS) is 10.8. The summed E-state index contributed by atoms with van der Waals surface area (Å²) in [6, 6.07) is 38.4. The van der Waals surface area contributed by atoms with E-state index in [4.69, 9.17) is 18.9 Å². The molecule has 0 aliphatic rings. The van der Waals surface area contributed by atoms with Gasteiger partial charge in [-0.25, -0.2) is 9.59 Å². The summed E-state index contributed by atoms with van der Waals surface area (Å²) in [7, 11) is 3.01. The van der Waals surface area contributed by atoms with Gasteiger partial charge in [0, 0.05) is 14.2 Å². The Bertz CT molecular complexity index is 1940. The number of esters is 2. The van der Waals surface area contributed by atoms with Crippen molar-refractivity contribution in [3.05, 3.63) is 145 Å². The largest absolute Gasteiger partial charge is 0.423 e. The first-order valence-corrected chi connectivity index (χ1v) is 16.6. The third kappa shape index (κ3) is 9.11.